The number of ketones is 1. The third-order valence-electron chi connectivity index (χ3n) is 3.45. The van der Waals surface area contributed by atoms with Crippen molar-refractivity contribution in [3.8, 4) is 0 Å². The van der Waals surface area contributed by atoms with Gasteiger partial charge in [-0.2, -0.15) is 22.0 Å². The molecule has 0 atom stereocenters. The second kappa shape index (κ2) is 5.14. The first kappa shape index (κ1) is 16.6. The Hall–Kier alpha value is -1.46. The van der Waals surface area contributed by atoms with Crippen LogP contribution in [0, 0.1) is 0 Å². The maximum absolute atomic E-state index is 12.9. The molecular weight excluding hydrogens is 279 g/mol. The molecule has 0 unspecified atom stereocenters. The molecule has 1 rings (SSSR count). The summed E-state index contributed by atoms with van der Waals surface area (Å²) in [5.74, 6) is -7.60. The summed E-state index contributed by atoms with van der Waals surface area (Å²) in [7, 11) is 0. The monoisotopic (exact) mass is 294 g/mol. The molecule has 0 aliphatic heterocycles. The number of hydrogen-bond donors (Lipinski definition) is 0. The Morgan fingerprint density at radius 1 is 1.00 bits per heavy atom. The van der Waals surface area contributed by atoms with E-state index >= 15 is 0 Å². The van der Waals surface area contributed by atoms with Crippen molar-refractivity contribution in [2.75, 3.05) is 0 Å². The highest BCUT2D eigenvalue weighted by Gasteiger charge is 2.63. The molecule has 0 radical (unpaired) electrons. The van der Waals surface area contributed by atoms with E-state index in [1.54, 1.807) is 0 Å². The predicted octanol–water partition coefficient (Wildman–Crippen LogP) is 4.75. The Balaban J connectivity index is 3.09. The van der Waals surface area contributed by atoms with Crippen molar-refractivity contribution >= 4 is 5.78 Å². The quantitative estimate of drug-likeness (QED) is 0.578. The Labute approximate surface area is 113 Å². The largest absolute Gasteiger partial charge is 0.461 e. The van der Waals surface area contributed by atoms with E-state index in [0.717, 1.165) is 24.1 Å². The summed E-state index contributed by atoms with van der Waals surface area (Å²) >= 11 is 0. The van der Waals surface area contributed by atoms with Gasteiger partial charge in [-0.15, -0.1) is 0 Å². The van der Waals surface area contributed by atoms with E-state index in [1.165, 1.54) is 12.1 Å². The predicted molar refractivity (Wildman–Crippen MR) is 65.1 cm³/mol. The number of halogens is 5. The summed E-state index contributed by atoms with van der Waals surface area (Å²) in [6, 6.07) is 4.83. The maximum Gasteiger partial charge on any atom is 0.461 e. The molecule has 0 heterocycles. The van der Waals surface area contributed by atoms with Gasteiger partial charge in [0, 0.05) is 5.56 Å². The Morgan fingerprint density at radius 2 is 1.45 bits per heavy atom. The average molecular weight is 294 g/mol. The number of benzene rings is 1. The van der Waals surface area contributed by atoms with Gasteiger partial charge in [-0.25, -0.2) is 0 Å². The van der Waals surface area contributed by atoms with Crippen LogP contribution >= 0.6 is 0 Å². The molecule has 0 N–H and O–H groups in total. The lowest BCUT2D eigenvalue weighted by Crippen LogP contribution is -2.44. The van der Waals surface area contributed by atoms with Crippen molar-refractivity contribution in [3.63, 3.8) is 0 Å². The zero-order valence-corrected chi connectivity index (χ0v) is 11.3. The van der Waals surface area contributed by atoms with Crippen LogP contribution in [0.3, 0.4) is 0 Å². The summed E-state index contributed by atoms with van der Waals surface area (Å²) < 4.78 is 62.2. The summed E-state index contributed by atoms with van der Waals surface area (Å²) in [4.78, 5) is 11.3. The van der Waals surface area contributed by atoms with Gasteiger partial charge in [-0.1, -0.05) is 45.0 Å². The molecular formula is C14H15F5O. The fourth-order valence-electron chi connectivity index (χ4n) is 1.59. The molecule has 6 heteroatoms. The molecule has 0 aromatic heterocycles. The van der Waals surface area contributed by atoms with Gasteiger partial charge in [-0.3, -0.25) is 4.79 Å². The highest BCUT2D eigenvalue weighted by atomic mass is 19.4. The van der Waals surface area contributed by atoms with Crippen molar-refractivity contribution in [2.45, 2.75) is 44.7 Å². The van der Waals surface area contributed by atoms with Gasteiger partial charge in [0.1, 0.15) is 0 Å². The molecule has 0 bridgehead atoms. The Morgan fingerprint density at radius 3 is 1.80 bits per heavy atom. The zero-order valence-electron chi connectivity index (χ0n) is 11.3. The Bertz CT molecular complexity index is 485. The van der Waals surface area contributed by atoms with Crippen LogP contribution in [0.2, 0.25) is 0 Å². The Kier molecular flexibility index (Phi) is 4.27. The average Bonchev–Trinajstić information content (AvgIpc) is 2.36. The van der Waals surface area contributed by atoms with E-state index in [9.17, 15) is 26.7 Å². The minimum Gasteiger partial charge on any atom is -0.287 e. The lowest BCUT2D eigenvalue weighted by Gasteiger charge is -2.24. The van der Waals surface area contributed by atoms with Crippen LogP contribution in [0.1, 0.15) is 43.1 Å². The van der Waals surface area contributed by atoms with E-state index in [0.29, 0.717) is 0 Å². The molecule has 0 saturated carbocycles. The number of rotatable bonds is 4. The highest BCUT2D eigenvalue weighted by Crippen LogP contribution is 2.38. The molecule has 112 valence electrons. The van der Waals surface area contributed by atoms with Crippen molar-refractivity contribution in [2.24, 2.45) is 0 Å². The second-order valence-electron chi connectivity index (χ2n) is 5.22. The number of hydrogen-bond acceptors (Lipinski definition) is 1. The van der Waals surface area contributed by atoms with E-state index < -0.39 is 23.4 Å². The van der Waals surface area contributed by atoms with Crippen molar-refractivity contribution in [1.29, 1.82) is 0 Å². The molecule has 0 saturated heterocycles. The third-order valence-corrected chi connectivity index (χ3v) is 3.45. The van der Waals surface area contributed by atoms with E-state index in [1.807, 2.05) is 20.8 Å². The molecule has 1 aromatic rings. The topological polar surface area (TPSA) is 17.1 Å². The fraction of sp³-hybridized carbons (Fsp3) is 0.500. The first-order valence-electron chi connectivity index (χ1n) is 6.03. The normalized spacial score (nSPS) is 13.4. The first-order valence-corrected chi connectivity index (χ1v) is 6.03. The van der Waals surface area contributed by atoms with Crippen LogP contribution in [0.4, 0.5) is 22.0 Å². The van der Waals surface area contributed by atoms with Gasteiger partial charge in [0.25, 0.3) is 0 Å². The van der Waals surface area contributed by atoms with E-state index in [2.05, 4.69) is 0 Å². The van der Waals surface area contributed by atoms with Gasteiger partial charge in [0.2, 0.25) is 5.78 Å². The van der Waals surface area contributed by atoms with Crippen LogP contribution in [-0.4, -0.2) is 17.9 Å². The minimum atomic E-state index is -5.88. The van der Waals surface area contributed by atoms with Gasteiger partial charge >= 0.3 is 12.1 Å². The molecule has 0 fully saturated rings. The van der Waals surface area contributed by atoms with Gasteiger partial charge < -0.3 is 0 Å². The SMILES string of the molecule is CCC(C)(C)c1ccc(C(=O)C(F)(F)C(F)(F)F)cc1. The fourth-order valence-corrected chi connectivity index (χ4v) is 1.59. The molecule has 0 aliphatic carbocycles. The first-order chi connectivity index (χ1) is 8.93. The zero-order chi connectivity index (χ0) is 15.8. The summed E-state index contributed by atoms with van der Waals surface area (Å²) in [5, 5.41) is 0. The van der Waals surface area contributed by atoms with Crippen LogP contribution in [0.5, 0.6) is 0 Å². The lowest BCUT2D eigenvalue weighted by atomic mass is 9.82. The molecule has 0 spiro atoms. The smallest absolute Gasteiger partial charge is 0.287 e. The maximum atomic E-state index is 12.9. The van der Waals surface area contributed by atoms with Crippen LogP contribution in [-0.2, 0) is 5.41 Å². The van der Waals surface area contributed by atoms with E-state index in [-0.39, 0.29) is 5.41 Å². The van der Waals surface area contributed by atoms with Crippen LogP contribution in [0.25, 0.3) is 0 Å². The standard InChI is InChI=1S/C14H15F5O/c1-4-12(2,3)10-7-5-9(6-8-10)11(20)13(15,16)14(17,18)19/h5-8H,4H2,1-3H3. The van der Waals surface area contributed by atoms with E-state index in [4.69, 9.17) is 0 Å². The van der Waals surface area contributed by atoms with Crippen molar-refractivity contribution in [3.05, 3.63) is 35.4 Å². The van der Waals surface area contributed by atoms with Crippen LogP contribution < -0.4 is 0 Å². The van der Waals surface area contributed by atoms with Gasteiger partial charge in [-0.05, 0) is 17.4 Å². The molecule has 20 heavy (non-hydrogen) atoms. The van der Waals surface area contributed by atoms with Gasteiger partial charge in [0.05, 0.1) is 0 Å². The van der Waals surface area contributed by atoms with Crippen molar-refractivity contribution in [1.82, 2.24) is 0 Å². The number of Topliss-reactive ketones (excluding diaryl/α,β-unsaturated/α-hetero) is 1. The molecule has 1 nitrogen and oxygen atoms in total. The van der Waals surface area contributed by atoms with Crippen molar-refractivity contribution < 1.29 is 26.7 Å². The second-order valence-corrected chi connectivity index (χ2v) is 5.22. The number of alkyl halides is 5. The lowest BCUT2D eigenvalue weighted by molar-refractivity contribution is -0.255. The summed E-state index contributed by atoms with van der Waals surface area (Å²) in [5.41, 5.74) is -0.122. The summed E-state index contributed by atoms with van der Waals surface area (Å²) in [6.07, 6.45) is -5.12. The number of carbonyl (C=O) groups is 1. The van der Waals surface area contributed by atoms with Crippen LogP contribution in [0.15, 0.2) is 24.3 Å². The van der Waals surface area contributed by atoms with Gasteiger partial charge in [0.15, 0.2) is 0 Å². The molecule has 1 aromatic carbocycles. The summed E-state index contributed by atoms with van der Waals surface area (Å²) in [6.45, 7) is 5.75. The molecule has 0 aliphatic rings. The minimum absolute atomic E-state index is 0.242. The highest BCUT2D eigenvalue weighted by molar-refractivity contribution is 6.01. The molecule has 0 amide bonds. The number of carbonyl (C=O) groups excluding carboxylic acids is 1. The third kappa shape index (κ3) is 2.99.